The third-order valence-corrected chi connectivity index (χ3v) is 1.61. The number of hydrogen-bond donors (Lipinski definition) is 1. The van der Waals surface area contributed by atoms with E-state index in [0.717, 1.165) is 0 Å². The molecule has 0 aliphatic rings. The lowest BCUT2D eigenvalue weighted by molar-refractivity contribution is 0.490. The Morgan fingerprint density at radius 3 is 1.17 bits per heavy atom. The minimum Gasteiger partial charge on any atom is -0.286 e. The van der Waals surface area contributed by atoms with Crippen molar-refractivity contribution < 1.29 is 13.0 Å². The minimum atomic E-state index is -3.67. The normalized spacial score (nSPS) is 9.28. The standard InChI is InChI=1S/C7H8.C6H6.CH4O3S/c1-7-5-3-2-4-6-7;1-2-4-6-5-3-1;1-5(2,3)4/h2-6H,1H3;1-6H;1H3,(H,2,3,4). The fourth-order valence-electron chi connectivity index (χ4n) is 0.919. The van der Waals surface area contributed by atoms with Crippen molar-refractivity contribution in [1.29, 1.82) is 0 Å². The second-order valence-electron chi connectivity index (χ2n) is 3.54. The van der Waals surface area contributed by atoms with E-state index in [1.54, 1.807) is 0 Å². The average Bonchev–Trinajstić information content (AvgIpc) is 2.31. The zero-order valence-corrected chi connectivity index (χ0v) is 11.3. The van der Waals surface area contributed by atoms with E-state index in [1.807, 2.05) is 54.6 Å². The highest BCUT2D eigenvalue weighted by molar-refractivity contribution is 7.85. The van der Waals surface area contributed by atoms with Crippen molar-refractivity contribution in [2.24, 2.45) is 0 Å². The van der Waals surface area contributed by atoms with Crippen LogP contribution in [0.5, 0.6) is 0 Å². The molecule has 98 valence electrons. The Hall–Kier alpha value is -1.65. The van der Waals surface area contributed by atoms with Gasteiger partial charge in [0.1, 0.15) is 0 Å². The summed E-state index contributed by atoms with van der Waals surface area (Å²) >= 11 is 0. The first-order valence-corrected chi connectivity index (χ1v) is 7.18. The van der Waals surface area contributed by atoms with Gasteiger partial charge in [0.2, 0.25) is 0 Å². The molecule has 0 aromatic heterocycles. The van der Waals surface area contributed by atoms with Gasteiger partial charge in [-0.05, 0) is 6.92 Å². The maximum atomic E-state index is 9.19. The monoisotopic (exact) mass is 266 g/mol. The first-order chi connectivity index (χ1) is 8.39. The third kappa shape index (κ3) is 16.8. The number of hydrogen-bond acceptors (Lipinski definition) is 2. The Kier molecular flexibility index (Phi) is 8.53. The van der Waals surface area contributed by atoms with E-state index in [9.17, 15) is 8.42 Å². The van der Waals surface area contributed by atoms with Gasteiger partial charge in [0.25, 0.3) is 10.1 Å². The Bertz CT molecular complexity index is 458. The van der Waals surface area contributed by atoms with Gasteiger partial charge in [0, 0.05) is 0 Å². The van der Waals surface area contributed by atoms with E-state index < -0.39 is 10.1 Å². The molecule has 0 saturated heterocycles. The zero-order chi connectivity index (χ0) is 13.9. The van der Waals surface area contributed by atoms with E-state index in [-0.39, 0.29) is 0 Å². The first-order valence-electron chi connectivity index (χ1n) is 5.33. The molecule has 0 unspecified atom stereocenters. The molecular weight excluding hydrogens is 248 g/mol. The van der Waals surface area contributed by atoms with E-state index in [1.165, 1.54) is 5.56 Å². The van der Waals surface area contributed by atoms with Crippen LogP contribution in [0.25, 0.3) is 0 Å². The Labute approximate surface area is 109 Å². The second-order valence-corrected chi connectivity index (χ2v) is 5.01. The lowest BCUT2D eigenvalue weighted by Gasteiger charge is -1.82. The van der Waals surface area contributed by atoms with Gasteiger partial charge in [-0.15, -0.1) is 0 Å². The number of benzene rings is 2. The van der Waals surface area contributed by atoms with Crippen LogP contribution in [0.2, 0.25) is 0 Å². The molecule has 0 saturated carbocycles. The van der Waals surface area contributed by atoms with Crippen LogP contribution in [-0.2, 0) is 10.1 Å². The molecule has 0 amide bonds. The molecule has 4 heteroatoms. The van der Waals surface area contributed by atoms with Crippen LogP contribution < -0.4 is 0 Å². The quantitative estimate of drug-likeness (QED) is 0.745. The molecule has 0 radical (unpaired) electrons. The summed E-state index contributed by atoms with van der Waals surface area (Å²) < 4.78 is 25.9. The van der Waals surface area contributed by atoms with Crippen molar-refractivity contribution in [2.75, 3.05) is 6.26 Å². The van der Waals surface area contributed by atoms with E-state index in [0.29, 0.717) is 6.26 Å². The molecule has 0 aliphatic carbocycles. The van der Waals surface area contributed by atoms with Crippen molar-refractivity contribution >= 4 is 10.1 Å². The molecule has 0 aliphatic heterocycles. The first kappa shape index (κ1) is 16.4. The van der Waals surface area contributed by atoms with Gasteiger partial charge in [0.05, 0.1) is 6.26 Å². The zero-order valence-electron chi connectivity index (χ0n) is 10.5. The summed E-state index contributed by atoms with van der Waals surface area (Å²) in [5, 5.41) is 0. The Morgan fingerprint density at radius 1 is 0.778 bits per heavy atom. The van der Waals surface area contributed by atoms with Crippen LogP contribution in [0.15, 0.2) is 66.7 Å². The Balaban J connectivity index is 0.000000245. The highest BCUT2D eigenvalue weighted by Crippen LogP contribution is 1.92. The van der Waals surface area contributed by atoms with Crippen molar-refractivity contribution in [2.45, 2.75) is 6.92 Å². The average molecular weight is 266 g/mol. The molecule has 1 N–H and O–H groups in total. The van der Waals surface area contributed by atoms with Crippen LogP contribution in [-0.4, -0.2) is 19.2 Å². The molecule has 2 aromatic carbocycles. The van der Waals surface area contributed by atoms with Crippen molar-refractivity contribution in [3.63, 3.8) is 0 Å². The van der Waals surface area contributed by atoms with Gasteiger partial charge in [-0.25, -0.2) is 0 Å². The predicted molar refractivity (Wildman–Crippen MR) is 75.1 cm³/mol. The SMILES string of the molecule is CS(=O)(=O)O.Cc1ccccc1.c1ccccc1. The summed E-state index contributed by atoms with van der Waals surface area (Å²) in [5.74, 6) is 0. The van der Waals surface area contributed by atoms with Crippen molar-refractivity contribution in [1.82, 2.24) is 0 Å². The molecule has 0 fully saturated rings. The fraction of sp³-hybridized carbons (Fsp3) is 0.143. The van der Waals surface area contributed by atoms with E-state index in [2.05, 4.69) is 19.1 Å². The minimum absolute atomic E-state index is 0.715. The van der Waals surface area contributed by atoms with Gasteiger partial charge in [-0.1, -0.05) is 72.3 Å². The maximum Gasteiger partial charge on any atom is 0.261 e. The van der Waals surface area contributed by atoms with Gasteiger partial charge >= 0.3 is 0 Å². The summed E-state index contributed by atoms with van der Waals surface area (Å²) in [6.45, 7) is 2.08. The maximum absolute atomic E-state index is 9.19. The Morgan fingerprint density at radius 2 is 1.00 bits per heavy atom. The van der Waals surface area contributed by atoms with Gasteiger partial charge in [-0.2, -0.15) is 8.42 Å². The largest absolute Gasteiger partial charge is 0.286 e. The number of aryl methyl sites for hydroxylation is 1. The summed E-state index contributed by atoms with van der Waals surface area (Å²) in [4.78, 5) is 0. The molecule has 0 atom stereocenters. The molecule has 0 bridgehead atoms. The van der Waals surface area contributed by atoms with Crippen LogP contribution in [0.1, 0.15) is 5.56 Å². The third-order valence-electron chi connectivity index (χ3n) is 1.61. The summed E-state index contributed by atoms with van der Waals surface area (Å²) in [7, 11) is -3.67. The highest BCUT2D eigenvalue weighted by atomic mass is 32.2. The highest BCUT2D eigenvalue weighted by Gasteiger charge is 1.81. The predicted octanol–water partition coefficient (Wildman–Crippen LogP) is 3.19. The van der Waals surface area contributed by atoms with Gasteiger partial charge in [0.15, 0.2) is 0 Å². The van der Waals surface area contributed by atoms with Crippen LogP contribution in [0.4, 0.5) is 0 Å². The molecule has 2 rings (SSSR count). The lowest BCUT2D eigenvalue weighted by atomic mass is 10.2. The second kappa shape index (κ2) is 9.39. The number of rotatable bonds is 0. The van der Waals surface area contributed by atoms with Crippen LogP contribution in [0, 0.1) is 6.92 Å². The van der Waals surface area contributed by atoms with Crippen molar-refractivity contribution in [3.8, 4) is 0 Å². The van der Waals surface area contributed by atoms with Crippen molar-refractivity contribution in [3.05, 3.63) is 72.3 Å². The summed E-state index contributed by atoms with van der Waals surface area (Å²) in [5.41, 5.74) is 1.32. The lowest BCUT2D eigenvalue weighted by Crippen LogP contribution is -1.88. The van der Waals surface area contributed by atoms with E-state index >= 15 is 0 Å². The summed E-state index contributed by atoms with van der Waals surface area (Å²) in [6.07, 6.45) is 0.715. The van der Waals surface area contributed by atoms with Crippen LogP contribution >= 0.6 is 0 Å². The molecule has 0 spiro atoms. The van der Waals surface area contributed by atoms with Gasteiger partial charge in [-0.3, -0.25) is 4.55 Å². The molecule has 3 nitrogen and oxygen atoms in total. The molecular formula is C14H18O3S. The van der Waals surface area contributed by atoms with Gasteiger partial charge < -0.3 is 0 Å². The fourth-order valence-corrected chi connectivity index (χ4v) is 0.919. The summed E-state index contributed by atoms with van der Waals surface area (Å²) in [6, 6.07) is 22.3. The van der Waals surface area contributed by atoms with E-state index in [4.69, 9.17) is 4.55 Å². The topological polar surface area (TPSA) is 54.4 Å². The molecule has 2 aromatic rings. The molecule has 18 heavy (non-hydrogen) atoms. The van der Waals surface area contributed by atoms with Crippen LogP contribution in [0.3, 0.4) is 0 Å². The molecule has 0 heterocycles. The smallest absolute Gasteiger partial charge is 0.261 e.